The second-order valence-electron chi connectivity index (χ2n) is 2.86. The maximum atomic E-state index is 10.4. The predicted molar refractivity (Wildman–Crippen MR) is 57.9 cm³/mol. The van der Waals surface area contributed by atoms with Crippen molar-refractivity contribution < 1.29 is 9.90 Å². The van der Waals surface area contributed by atoms with E-state index in [-0.39, 0.29) is 0 Å². The van der Waals surface area contributed by atoms with E-state index in [4.69, 9.17) is 5.11 Å². The molecule has 0 aromatic heterocycles. The molecule has 2 nitrogen and oxygen atoms in total. The fraction of sp³-hybridized carbons (Fsp3) is 0.500. The SMILES string of the molecule is CCCC/C=C(Br)\C=C(/C)C(=O)O. The van der Waals surface area contributed by atoms with Gasteiger partial charge in [0.2, 0.25) is 0 Å². The third-order valence-corrected chi connectivity index (χ3v) is 2.14. The summed E-state index contributed by atoms with van der Waals surface area (Å²) in [7, 11) is 0. The van der Waals surface area contributed by atoms with Crippen LogP contribution in [0, 0.1) is 0 Å². The van der Waals surface area contributed by atoms with Crippen molar-refractivity contribution in [2.24, 2.45) is 0 Å². The molecule has 0 rings (SSSR count). The number of carboxylic acids is 1. The predicted octanol–water partition coefficient (Wildman–Crippen LogP) is 3.49. The van der Waals surface area contributed by atoms with E-state index in [1.807, 2.05) is 6.08 Å². The number of hydrogen-bond acceptors (Lipinski definition) is 1. The zero-order valence-corrected chi connectivity index (χ0v) is 9.60. The van der Waals surface area contributed by atoms with E-state index in [9.17, 15) is 4.79 Å². The molecule has 74 valence electrons. The molecule has 0 heterocycles. The molecular formula is C10H15BrO2. The van der Waals surface area contributed by atoms with E-state index < -0.39 is 5.97 Å². The monoisotopic (exact) mass is 246 g/mol. The molecule has 0 bridgehead atoms. The van der Waals surface area contributed by atoms with Crippen LogP contribution in [0.15, 0.2) is 22.2 Å². The molecule has 0 radical (unpaired) electrons. The molecule has 0 aliphatic rings. The first-order valence-electron chi connectivity index (χ1n) is 4.35. The average Bonchev–Trinajstić information content (AvgIpc) is 2.04. The van der Waals surface area contributed by atoms with Gasteiger partial charge in [-0.3, -0.25) is 0 Å². The van der Waals surface area contributed by atoms with Gasteiger partial charge in [0.1, 0.15) is 0 Å². The van der Waals surface area contributed by atoms with Gasteiger partial charge in [-0.15, -0.1) is 0 Å². The third kappa shape index (κ3) is 6.58. The molecule has 0 aromatic carbocycles. The van der Waals surface area contributed by atoms with Gasteiger partial charge in [0.25, 0.3) is 0 Å². The molecule has 0 amide bonds. The van der Waals surface area contributed by atoms with Crippen molar-refractivity contribution in [2.45, 2.75) is 33.1 Å². The maximum Gasteiger partial charge on any atom is 0.331 e. The Morgan fingerprint density at radius 1 is 1.54 bits per heavy atom. The first-order chi connectivity index (χ1) is 6.07. The van der Waals surface area contributed by atoms with Gasteiger partial charge in [-0.1, -0.05) is 41.8 Å². The Kier molecular flexibility index (Phi) is 6.59. The topological polar surface area (TPSA) is 37.3 Å². The number of aliphatic carboxylic acids is 1. The highest BCUT2D eigenvalue weighted by Crippen LogP contribution is 2.12. The summed E-state index contributed by atoms with van der Waals surface area (Å²) in [4.78, 5) is 10.4. The van der Waals surface area contributed by atoms with Crippen LogP contribution in [-0.4, -0.2) is 11.1 Å². The molecule has 0 spiro atoms. The number of hydrogen-bond donors (Lipinski definition) is 1. The second kappa shape index (κ2) is 6.89. The Morgan fingerprint density at radius 3 is 2.62 bits per heavy atom. The van der Waals surface area contributed by atoms with Crippen LogP contribution in [-0.2, 0) is 4.79 Å². The highest BCUT2D eigenvalue weighted by Gasteiger charge is 1.98. The van der Waals surface area contributed by atoms with Gasteiger partial charge in [-0.05, 0) is 19.4 Å². The summed E-state index contributed by atoms with van der Waals surface area (Å²) in [6.45, 7) is 3.71. The lowest BCUT2D eigenvalue weighted by molar-refractivity contribution is -0.132. The Balaban J connectivity index is 4.11. The Labute approximate surface area is 87.5 Å². The fourth-order valence-electron chi connectivity index (χ4n) is 0.772. The van der Waals surface area contributed by atoms with E-state index in [1.165, 1.54) is 0 Å². The number of rotatable bonds is 5. The molecule has 0 saturated carbocycles. The van der Waals surface area contributed by atoms with Gasteiger partial charge in [0, 0.05) is 10.1 Å². The lowest BCUT2D eigenvalue weighted by Gasteiger charge is -1.94. The molecule has 0 fully saturated rings. The van der Waals surface area contributed by atoms with E-state index in [0.717, 1.165) is 23.7 Å². The molecule has 3 heteroatoms. The van der Waals surface area contributed by atoms with Gasteiger partial charge in [0.15, 0.2) is 0 Å². The summed E-state index contributed by atoms with van der Waals surface area (Å²) in [6, 6.07) is 0. The minimum Gasteiger partial charge on any atom is -0.478 e. The average molecular weight is 247 g/mol. The summed E-state index contributed by atoms with van der Waals surface area (Å²) < 4.78 is 0.848. The summed E-state index contributed by atoms with van der Waals surface area (Å²) >= 11 is 3.30. The zero-order chi connectivity index (χ0) is 10.3. The zero-order valence-electron chi connectivity index (χ0n) is 8.01. The number of carboxylic acid groups (broad SMARTS) is 1. The third-order valence-electron chi connectivity index (χ3n) is 1.59. The Hall–Kier alpha value is -0.570. The molecule has 0 unspecified atom stereocenters. The standard InChI is InChI=1S/C10H15BrO2/c1-3-4-5-6-9(11)7-8(2)10(12)13/h6-7H,3-5H2,1-2H3,(H,12,13)/b8-7+,9-6+. The number of halogens is 1. The molecule has 0 aliphatic carbocycles. The maximum absolute atomic E-state index is 10.4. The summed E-state index contributed by atoms with van der Waals surface area (Å²) in [5, 5.41) is 8.59. The van der Waals surface area contributed by atoms with Gasteiger partial charge in [-0.2, -0.15) is 0 Å². The van der Waals surface area contributed by atoms with E-state index in [2.05, 4.69) is 22.9 Å². The van der Waals surface area contributed by atoms with Gasteiger partial charge in [0.05, 0.1) is 0 Å². The molecule has 0 atom stereocenters. The number of carbonyl (C=O) groups is 1. The first kappa shape index (κ1) is 12.4. The Bertz CT molecular complexity index is 229. The molecule has 0 aromatic rings. The molecular weight excluding hydrogens is 232 g/mol. The highest BCUT2D eigenvalue weighted by molar-refractivity contribution is 9.11. The van der Waals surface area contributed by atoms with Crippen LogP contribution in [0.1, 0.15) is 33.1 Å². The van der Waals surface area contributed by atoms with Crippen molar-refractivity contribution in [3.63, 3.8) is 0 Å². The largest absolute Gasteiger partial charge is 0.478 e. The minimum absolute atomic E-state index is 0.347. The number of unbranched alkanes of at least 4 members (excludes halogenated alkanes) is 2. The van der Waals surface area contributed by atoms with E-state index >= 15 is 0 Å². The van der Waals surface area contributed by atoms with Crippen LogP contribution in [0.25, 0.3) is 0 Å². The van der Waals surface area contributed by atoms with Gasteiger partial charge >= 0.3 is 5.97 Å². The molecule has 13 heavy (non-hydrogen) atoms. The van der Waals surface area contributed by atoms with Crippen LogP contribution in [0.3, 0.4) is 0 Å². The van der Waals surface area contributed by atoms with Crippen molar-refractivity contribution in [1.82, 2.24) is 0 Å². The fourth-order valence-corrected chi connectivity index (χ4v) is 1.34. The highest BCUT2D eigenvalue weighted by atomic mass is 79.9. The lowest BCUT2D eigenvalue weighted by atomic mass is 10.2. The summed E-state index contributed by atoms with van der Waals surface area (Å²) in [5.41, 5.74) is 0.347. The van der Waals surface area contributed by atoms with Crippen molar-refractivity contribution in [3.05, 3.63) is 22.2 Å². The van der Waals surface area contributed by atoms with E-state index in [0.29, 0.717) is 5.57 Å². The summed E-state index contributed by atoms with van der Waals surface area (Å²) in [6.07, 6.45) is 6.89. The first-order valence-corrected chi connectivity index (χ1v) is 5.14. The normalized spacial score (nSPS) is 13.2. The quantitative estimate of drug-likeness (QED) is 0.458. The van der Waals surface area contributed by atoms with Crippen LogP contribution >= 0.6 is 15.9 Å². The minimum atomic E-state index is -0.874. The van der Waals surface area contributed by atoms with Crippen LogP contribution < -0.4 is 0 Å². The molecule has 0 saturated heterocycles. The van der Waals surface area contributed by atoms with Gasteiger partial charge in [-0.25, -0.2) is 4.79 Å². The van der Waals surface area contributed by atoms with Crippen molar-refractivity contribution in [3.8, 4) is 0 Å². The second-order valence-corrected chi connectivity index (χ2v) is 3.78. The van der Waals surface area contributed by atoms with Crippen molar-refractivity contribution >= 4 is 21.9 Å². The molecule has 0 aliphatic heterocycles. The number of allylic oxidation sites excluding steroid dienone is 3. The van der Waals surface area contributed by atoms with Gasteiger partial charge < -0.3 is 5.11 Å². The summed E-state index contributed by atoms with van der Waals surface area (Å²) in [5.74, 6) is -0.874. The Morgan fingerprint density at radius 2 is 2.15 bits per heavy atom. The molecule has 1 N–H and O–H groups in total. The van der Waals surface area contributed by atoms with Crippen LogP contribution in [0.4, 0.5) is 0 Å². The van der Waals surface area contributed by atoms with Crippen LogP contribution in [0.2, 0.25) is 0 Å². The van der Waals surface area contributed by atoms with E-state index in [1.54, 1.807) is 13.0 Å². The van der Waals surface area contributed by atoms with Crippen LogP contribution in [0.5, 0.6) is 0 Å². The smallest absolute Gasteiger partial charge is 0.331 e. The lowest BCUT2D eigenvalue weighted by Crippen LogP contribution is -1.95. The van der Waals surface area contributed by atoms with Crippen molar-refractivity contribution in [2.75, 3.05) is 0 Å². The van der Waals surface area contributed by atoms with Crippen molar-refractivity contribution in [1.29, 1.82) is 0 Å².